The molecule has 2 rings (SSSR count). The van der Waals surface area contributed by atoms with Gasteiger partial charge in [-0.25, -0.2) is 9.18 Å². The van der Waals surface area contributed by atoms with Gasteiger partial charge in [0.15, 0.2) is 6.61 Å². The van der Waals surface area contributed by atoms with Gasteiger partial charge in [0, 0.05) is 24.2 Å². The largest absolute Gasteiger partial charge is 0.452 e. The molecular formula is C18H14ClF4NO3. The minimum atomic E-state index is -4.52. The van der Waals surface area contributed by atoms with Crippen molar-refractivity contribution < 1.29 is 31.9 Å². The number of amides is 1. The molecule has 0 atom stereocenters. The van der Waals surface area contributed by atoms with E-state index in [4.69, 9.17) is 16.3 Å². The van der Waals surface area contributed by atoms with Crippen LogP contribution in [0.25, 0.3) is 0 Å². The zero-order chi connectivity index (χ0) is 20.2. The molecule has 2 aromatic carbocycles. The Morgan fingerprint density at radius 2 is 1.74 bits per heavy atom. The molecule has 4 nitrogen and oxygen atoms in total. The topological polar surface area (TPSA) is 46.6 Å². The zero-order valence-electron chi connectivity index (χ0n) is 14.0. The van der Waals surface area contributed by atoms with Gasteiger partial charge in [0.1, 0.15) is 5.82 Å². The van der Waals surface area contributed by atoms with E-state index in [9.17, 15) is 27.2 Å². The Balaban J connectivity index is 1.93. The number of benzene rings is 2. The summed E-state index contributed by atoms with van der Waals surface area (Å²) < 4.78 is 56.0. The minimum Gasteiger partial charge on any atom is -0.452 e. The molecule has 0 heterocycles. The second-order valence-corrected chi connectivity index (χ2v) is 6.01. The van der Waals surface area contributed by atoms with Gasteiger partial charge in [0.05, 0.1) is 11.1 Å². The number of hydrogen-bond donors (Lipinski definition) is 0. The van der Waals surface area contributed by atoms with E-state index in [1.54, 1.807) is 0 Å². The summed E-state index contributed by atoms with van der Waals surface area (Å²) in [5.41, 5.74) is -0.920. The van der Waals surface area contributed by atoms with Crippen molar-refractivity contribution in [2.24, 2.45) is 0 Å². The van der Waals surface area contributed by atoms with E-state index in [1.165, 1.54) is 25.2 Å². The van der Waals surface area contributed by atoms with Gasteiger partial charge >= 0.3 is 12.1 Å². The van der Waals surface area contributed by atoms with E-state index >= 15 is 0 Å². The summed E-state index contributed by atoms with van der Waals surface area (Å²) in [6, 6.07) is 7.49. The molecule has 144 valence electrons. The van der Waals surface area contributed by atoms with E-state index in [2.05, 4.69) is 0 Å². The minimum absolute atomic E-state index is 0.115. The highest BCUT2D eigenvalue weighted by Crippen LogP contribution is 2.29. The summed E-state index contributed by atoms with van der Waals surface area (Å²) in [5.74, 6) is -2.16. The summed E-state index contributed by atoms with van der Waals surface area (Å²) in [7, 11) is 1.37. The third kappa shape index (κ3) is 5.43. The third-order valence-electron chi connectivity index (χ3n) is 3.66. The van der Waals surface area contributed by atoms with Gasteiger partial charge in [-0.15, -0.1) is 0 Å². The van der Waals surface area contributed by atoms with Crippen LogP contribution in [0.4, 0.5) is 17.6 Å². The van der Waals surface area contributed by atoms with Crippen LogP contribution in [-0.4, -0.2) is 30.4 Å². The number of carbonyl (C=O) groups excluding carboxylic acids is 2. The van der Waals surface area contributed by atoms with Crippen LogP contribution in [0.3, 0.4) is 0 Å². The van der Waals surface area contributed by atoms with Crippen LogP contribution in [0.5, 0.6) is 0 Å². The highest BCUT2D eigenvalue weighted by Gasteiger charge is 2.30. The first-order valence-corrected chi connectivity index (χ1v) is 7.98. The van der Waals surface area contributed by atoms with Crippen molar-refractivity contribution >= 4 is 23.5 Å². The third-order valence-corrected chi connectivity index (χ3v) is 4.01. The second-order valence-electron chi connectivity index (χ2n) is 5.60. The first kappa shape index (κ1) is 20.7. The fraction of sp³-hybridized carbons (Fsp3) is 0.222. The van der Waals surface area contributed by atoms with Crippen molar-refractivity contribution in [1.29, 1.82) is 0 Å². The molecular weight excluding hydrogens is 390 g/mol. The van der Waals surface area contributed by atoms with Crippen LogP contribution in [0.1, 0.15) is 21.5 Å². The van der Waals surface area contributed by atoms with Gasteiger partial charge in [0.2, 0.25) is 0 Å². The fourth-order valence-corrected chi connectivity index (χ4v) is 2.35. The van der Waals surface area contributed by atoms with Gasteiger partial charge in [-0.3, -0.25) is 4.79 Å². The van der Waals surface area contributed by atoms with Gasteiger partial charge in [0.25, 0.3) is 5.91 Å². The second kappa shape index (κ2) is 8.39. The first-order chi connectivity index (χ1) is 12.6. The number of esters is 1. The molecule has 2 aromatic rings. The molecule has 0 saturated heterocycles. The van der Waals surface area contributed by atoms with Crippen LogP contribution >= 0.6 is 11.6 Å². The van der Waals surface area contributed by atoms with Gasteiger partial charge in [-0.2, -0.15) is 13.2 Å². The Bertz CT molecular complexity index is 817. The Labute approximate surface area is 157 Å². The maximum Gasteiger partial charge on any atom is 0.416 e. The lowest BCUT2D eigenvalue weighted by Crippen LogP contribution is -2.31. The molecule has 9 heteroatoms. The molecule has 0 spiro atoms. The van der Waals surface area contributed by atoms with Crippen molar-refractivity contribution in [1.82, 2.24) is 4.90 Å². The number of halogens is 5. The molecule has 27 heavy (non-hydrogen) atoms. The van der Waals surface area contributed by atoms with Crippen LogP contribution in [-0.2, 0) is 22.3 Å². The molecule has 0 fully saturated rings. The van der Waals surface area contributed by atoms with E-state index in [0.717, 1.165) is 29.2 Å². The number of carbonyl (C=O) groups is 2. The lowest BCUT2D eigenvalue weighted by Gasteiger charge is -2.18. The van der Waals surface area contributed by atoms with E-state index in [-0.39, 0.29) is 22.7 Å². The van der Waals surface area contributed by atoms with Gasteiger partial charge in [-0.1, -0.05) is 17.7 Å². The van der Waals surface area contributed by atoms with E-state index in [1.807, 2.05) is 0 Å². The molecule has 0 bridgehead atoms. The molecule has 0 saturated carbocycles. The SMILES string of the molecule is CN(Cc1c(F)cccc1Cl)C(=O)COC(=O)c1ccc(C(F)(F)F)cc1. The fourth-order valence-electron chi connectivity index (χ4n) is 2.12. The van der Waals surface area contributed by atoms with Crippen molar-refractivity contribution in [2.45, 2.75) is 12.7 Å². The Morgan fingerprint density at radius 3 is 2.30 bits per heavy atom. The number of hydrogen-bond acceptors (Lipinski definition) is 3. The smallest absolute Gasteiger partial charge is 0.416 e. The summed E-state index contributed by atoms with van der Waals surface area (Å²) in [4.78, 5) is 25.0. The summed E-state index contributed by atoms with van der Waals surface area (Å²) in [6.07, 6.45) is -4.52. The van der Waals surface area contributed by atoms with Crippen molar-refractivity contribution in [3.63, 3.8) is 0 Å². The van der Waals surface area contributed by atoms with E-state index < -0.39 is 36.0 Å². The lowest BCUT2D eigenvalue weighted by atomic mass is 10.1. The average molecular weight is 404 g/mol. The van der Waals surface area contributed by atoms with Crippen LogP contribution in [0.2, 0.25) is 5.02 Å². The molecule has 1 amide bonds. The quantitative estimate of drug-likeness (QED) is 0.552. The molecule has 0 aliphatic carbocycles. The Kier molecular flexibility index (Phi) is 6.43. The molecule has 0 unspecified atom stereocenters. The van der Waals surface area contributed by atoms with Crippen LogP contribution in [0.15, 0.2) is 42.5 Å². The number of alkyl halides is 3. The van der Waals surface area contributed by atoms with Crippen molar-refractivity contribution in [3.8, 4) is 0 Å². The summed E-state index contributed by atoms with van der Waals surface area (Å²) in [6.45, 7) is -0.787. The highest BCUT2D eigenvalue weighted by molar-refractivity contribution is 6.31. The van der Waals surface area contributed by atoms with Gasteiger partial charge in [-0.05, 0) is 36.4 Å². The number of likely N-dealkylation sites (N-methyl/N-ethyl adjacent to an activating group) is 1. The standard InChI is InChI=1S/C18H14ClF4NO3/c1-24(9-13-14(19)3-2-4-15(13)20)16(25)10-27-17(26)11-5-7-12(8-6-11)18(21,22)23/h2-8H,9-10H2,1H3. The van der Waals surface area contributed by atoms with Crippen LogP contribution in [0, 0.1) is 5.82 Å². The number of rotatable bonds is 5. The zero-order valence-corrected chi connectivity index (χ0v) is 14.8. The molecule has 0 N–H and O–H groups in total. The Hall–Kier alpha value is -2.61. The van der Waals surface area contributed by atoms with E-state index in [0.29, 0.717) is 0 Å². The number of nitrogens with zero attached hydrogens (tertiary/aromatic N) is 1. The Morgan fingerprint density at radius 1 is 1.11 bits per heavy atom. The molecule has 0 aliphatic rings. The normalized spacial score (nSPS) is 11.2. The monoisotopic (exact) mass is 403 g/mol. The summed E-state index contributed by atoms with van der Waals surface area (Å²) >= 11 is 5.89. The molecule has 0 radical (unpaired) electrons. The highest BCUT2D eigenvalue weighted by atomic mass is 35.5. The number of ether oxygens (including phenoxy) is 1. The average Bonchev–Trinajstić information content (AvgIpc) is 2.61. The van der Waals surface area contributed by atoms with Gasteiger partial charge < -0.3 is 9.64 Å². The summed E-state index contributed by atoms with van der Waals surface area (Å²) in [5, 5.41) is 0.149. The maximum atomic E-state index is 13.7. The maximum absolute atomic E-state index is 13.7. The lowest BCUT2D eigenvalue weighted by molar-refractivity contribution is -0.137. The van der Waals surface area contributed by atoms with Crippen molar-refractivity contribution in [3.05, 3.63) is 70.0 Å². The van der Waals surface area contributed by atoms with Crippen molar-refractivity contribution in [2.75, 3.05) is 13.7 Å². The first-order valence-electron chi connectivity index (χ1n) is 7.61. The van der Waals surface area contributed by atoms with Crippen LogP contribution < -0.4 is 0 Å². The molecule has 0 aliphatic heterocycles. The predicted octanol–water partition coefficient (Wildman–Crippen LogP) is 4.31. The predicted molar refractivity (Wildman–Crippen MR) is 89.6 cm³/mol. The molecule has 0 aromatic heterocycles.